The normalized spacial score (nSPS) is 21.7. The minimum Gasteiger partial charge on any atom is -0.497 e. The van der Waals surface area contributed by atoms with Gasteiger partial charge >= 0.3 is 5.97 Å². The molecule has 1 aromatic carbocycles. The number of methoxy groups -OCH3 is 1. The number of amides is 1. The summed E-state index contributed by atoms with van der Waals surface area (Å²) in [6.45, 7) is 1.77. The number of nitrogen functional groups attached to an aromatic ring is 1. The van der Waals surface area contributed by atoms with Crippen molar-refractivity contribution in [2.24, 2.45) is 17.8 Å². The van der Waals surface area contributed by atoms with Crippen molar-refractivity contribution >= 4 is 23.5 Å². The van der Waals surface area contributed by atoms with Crippen LogP contribution < -0.4 is 15.8 Å². The molecule has 1 aromatic heterocycles. The molecule has 1 aliphatic carbocycles. The number of carboxylic acids is 1. The Bertz CT molecular complexity index is 945. The van der Waals surface area contributed by atoms with Gasteiger partial charge in [-0.25, -0.2) is 4.98 Å². The van der Waals surface area contributed by atoms with Crippen LogP contribution in [0, 0.1) is 17.8 Å². The zero-order valence-corrected chi connectivity index (χ0v) is 16.2. The smallest absolute Gasteiger partial charge is 0.308 e. The summed E-state index contributed by atoms with van der Waals surface area (Å²) < 4.78 is 5.18. The third-order valence-corrected chi connectivity index (χ3v) is 5.29. The molecule has 4 atom stereocenters. The van der Waals surface area contributed by atoms with Crippen LogP contribution in [-0.2, 0) is 20.8 Å². The van der Waals surface area contributed by atoms with Crippen molar-refractivity contribution in [3.63, 3.8) is 0 Å². The number of nitrogens with two attached hydrogens (primary N) is 1. The first-order chi connectivity index (χ1) is 13.8. The highest BCUT2D eigenvalue weighted by molar-refractivity contribution is 6.12. The topological polar surface area (TPSA) is 132 Å². The van der Waals surface area contributed by atoms with Gasteiger partial charge in [0.2, 0.25) is 5.91 Å². The average molecular weight is 397 g/mol. The van der Waals surface area contributed by atoms with E-state index in [1.807, 2.05) is 6.07 Å². The second kappa shape index (κ2) is 8.30. The Hall–Kier alpha value is -3.42. The Balaban J connectivity index is 1.71. The molecular weight excluding hydrogens is 374 g/mol. The fourth-order valence-electron chi connectivity index (χ4n) is 3.71. The van der Waals surface area contributed by atoms with Gasteiger partial charge < -0.3 is 20.9 Å². The van der Waals surface area contributed by atoms with Gasteiger partial charge in [0, 0.05) is 12.1 Å². The number of Topliss-reactive ketones (excluding diaryl/α,β-unsaturated/α-hetero) is 1. The SMILES string of the molecule is COc1cccc([C@@H](C)NC(=O)C2C(=O)[C@H](Cc3ccnc(N)c3)[C@H]2C(=O)O)c1. The highest BCUT2D eigenvalue weighted by atomic mass is 16.5. The number of ketones is 1. The van der Waals surface area contributed by atoms with Crippen molar-refractivity contribution in [1.82, 2.24) is 10.3 Å². The summed E-state index contributed by atoms with van der Waals surface area (Å²) >= 11 is 0. The van der Waals surface area contributed by atoms with Crippen LogP contribution in [0.15, 0.2) is 42.6 Å². The van der Waals surface area contributed by atoms with Crippen molar-refractivity contribution in [2.45, 2.75) is 19.4 Å². The molecule has 152 valence electrons. The molecule has 8 nitrogen and oxygen atoms in total. The predicted octanol–water partition coefficient (Wildman–Crippen LogP) is 1.61. The van der Waals surface area contributed by atoms with Gasteiger partial charge in [-0.1, -0.05) is 12.1 Å². The molecule has 0 saturated heterocycles. The molecule has 0 bridgehead atoms. The second-order valence-electron chi connectivity index (χ2n) is 7.15. The van der Waals surface area contributed by atoms with E-state index in [4.69, 9.17) is 10.5 Å². The molecule has 0 spiro atoms. The number of nitrogens with zero attached hydrogens (tertiary/aromatic N) is 1. The molecule has 0 radical (unpaired) electrons. The monoisotopic (exact) mass is 397 g/mol. The third kappa shape index (κ3) is 4.21. The van der Waals surface area contributed by atoms with E-state index < -0.39 is 35.7 Å². The van der Waals surface area contributed by atoms with Crippen LogP contribution in [0.5, 0.6) is 5.75 Å². The maximum absolute atomic E-state index is 12.7. The van der Waals surface area contributed by atoms with Crippen LogP contribution in [0.25, 0.3) is 0 Å². The Labute approximate surface area is 168 Å². The van der Waals surface area contributed by atoms with Crippen molar-refractivity contribution in [1.29, 1.82) is 0 Å². The van der Waals surface area contributed by atoms with Crippen LogP contribution in [-0.4, -0.2) is 34.9 Å². The van der Waals surface area contributed by atoms with E-state index in [9.17, 15) is 19.5 Å². The van der Waals surface area contributed by atoms with Gasteiger partial charge in [0.25, 0.3) is 0 Å². The maximum atomic E-state index is 12.7. The van der Waals surface area contributed by atoms with Gasteiger partial charge in [-0.15, -0.1) is 0 Å². The number of rotatable bonds is 7. The summed E-state index contributed by atoms with van der Waals surface area (Å²) in [7, 11) is 1.55. The first-order valence-electron chi connectivity index (χ1n) is 9.23. The molecular formula is C21H23N3O5. The second-order valence-corrected chi connectivity index (χ2v) is 7.15. The molecule has 0 aliphatic heterocycles. The van der Waals surface area contributed by atoms with E-state index in [-0.39, 0.29) is 12.2 Å². The first kappa shape index (κ1) is 20.3. The van der Waals surface area contributed by atoms with Crippen molar-refractivity contribution in [3.8, 4) is 5.75 Å². The van der Waals surface area contributed by atoms with E-state index in [2.05, 4.69) is 10.3 Å². The lowest BCUT2D eigenvalue weighted by molar-refractivity contribution is -0.167. The first-order valence-corrected chi connectivity index (χ1v) is 9.23. The van der Waals surface area contributed by atoms with Crippen LogP contribution >= 0.6 is 0 Å². The Morgan fingerprint density at radius 3 is 2.72 bits per heavy atom. The van der Waals surface area contributed by atoms with Crippen LogP contribution in [0.1, 0.15) is 24.1 Å². The zero-order valence-electron chi connectivity index (χ0n) is 16.2. The molecule has 1 saturated carbocycles. The zero-order chi connectivity index (χ0) is 21.1. The number of ether oxygens (including phenoxy) is 1. The fraction of sp³-hybridized carbons (Fsp3) is 0.333. The van der Waals surface area contributed by atoms with Gasteiger partial charge in [0.1, 0.15) is 17.5 Å². The summed E-state index contributed by atoms with van der Waals surface area (Å²) in [5.74, 6) is -4.22. The van der Waals surface area contributed by atoms with Crippen LogP contribution in [0.2, 0.25) is 0 Å². The summed E-state index contributed by atoms with van der Waals surface area (Å²) in [5, 5.41) is 12.4. The molecule has 1 aliphatic rings. The fourth-order valence-corrected chi connectivity index (χ4v) is 3.71. The molecule has 4 N–H and O–H groups in total. The summed E-state index contributed by atoms with van der Waals surface area (Å²) in [6.07, 6.45) is 1.71. The standard InChI is InChI=1S/C21H23N3O5/c1-11(13-4-3-5-14(10-13)29-2)24-20(26)18-17(21(27)28)15(19(18)25)8-12-6-7-23-16(22)9-12/h3-7,9-11,15,17-18H,8H2,1-2H3,(H2,22,23)(H,24,26)(H,27,28)/t11-,15-,17-,18?/m1/s1. The van der Waals surface area contributed by atoms with Crippen LogP contribution in [0.4, 0.5) is 5.82 Å². The lowest BCUT2D eigenvalue weighted by atomic mass is 9.61. The van der Waals surface area contributed by atoms with E-state index in [0.29, 0.717) is 17.1 Å². The molecule has 1 unspecified atom stereocenters. The van der Waals surface area contributed by atoms with Crippen molar-refractivity contribution in [3.05, 3.63) is 53.7 Å². The highest BCUT2D eigenvalue weighted by Gasteiger charge is 2.57. The molecule has 1 fully saturated rings. The molecule has 8 heteroatoms. The van der Waals surface area contributed by atoms with E-state index in [1.165, 1.54) is 6.20 Å². The van der Waals surface area contributed by atoms with E-state index in [0.717, 1.165) is 5.56 Å². The van der Waals surface area contributed by atoms with Crippen molar-refractivity contribution < 1.29 is 24.2 Å². The summed E-state index contributed by atoms with van der Waals surface area (Å²) in [6, 6.07) is 10.1. The lowest BCUT2D eigenvalue weighted by Gasteiger charge is -2.39. The maximum Gasteiger partial charge on any atom is 0.308 e. The number of anilines is 1. The third-order valence-electron chi connectivity index (χ3n) is 5.29. The number of nitrogens with one attached hydrogen (secondary N) is 1. The Morgan fingerprint density at radius 1 is 1.31 bits per heavy atom. The van der Waals surface area contributed by atoms with Gasteiger partial charge in [-0.2, -0.15) is 0 Å². The molecule has 3 rings (SSSR count). The van der Waals surface area contributed by atoms with Crippen LogP contribution in [0.3, 0.4) is 0 Å². The largest absolute Gasteiger partial charge is 0.497 e. The quantitative estimate of drug-likeness (QED) is 0.605. The van der Waals surface area contributed by atoms with E-state index in [1.54, 1.807) is 44.4 Å². The predicted molar refractivity (Wildman–Crippen MR) is 105 cm³/mol. The minimum atomic E-state index is -1.20. The molecule has 1 heterocycles. The Kier molecular flexibility index (Phi) is 5.81. The summed E-state index contributed by atoms with van der Waals surface area (Å²) in [5.41, 5.74) is 7.15. The summed E-state index contributed by atoms with van der Waals surface area (Å²) in [4.78, 5) is 41.0. The minimum absolute atomic E-state index is 0.206. The van der Waals surface area contributed by atoms with Gasteiger partial charge in [-0.05, 0) is 48.7 Å². The number of carbonyl (C=O) groups is 3. The van der Waals surface area contributed by atoms with Crippen molar-refractivity contribution in [2.75, 3.05) is 12.8 Å². The average Bonchev–Trinajstić information content (AvgIpc) is 2.69. The van der Waals surface area contributed by atoms with E-state index >= 15 is 0 Å². The Morgan fingerprint density at radius 2 is 2.07 bits per heavy atom. The number of aromatic nitrogens is 1. The van der Waals surface area contributed by atoms with Gasteiger partial charge in [0.05, 0.1) is 19.1 Å². The van der Waals surface area contributed by atoms with Gasteiger partial charge in [-0.3, -0.25) is 14.4 Å². The van der Waals surface area contributed by atoms with Gasteiger partial charge in [0.15, 0.2) is 5.78 Å². The number of pyridine rings is 1. The molecule has 29 heavy (non-hydrogen) atoms. The number of hydrogen-bond donors (Lipinski definition) is 3. The number of hydrogen-bond acceptors (Lipinski definition) is 6. The molecule has 1 amide bonds. The number of carbonyl (C=O) groups excluding carboxylic acids is 2. The number of carboxylic acid groups (broad SMARTS) is 1. The molecule has 2 aromatic rings. The number of benzene rings is 1. The lowest BCUT2D eigenvalue weighted by Crippen LogP contribution is -2.58. The highest BCUT2D eigenvalue weighted by Crippen LogP contribution is 2.40. The number of aliphatic carboxylic acids is 1.